The Bertz CT molecular complexity index is 568. The van der Waals surface area contributed by atoms with Crippen molar-refractivity contribution in [3.05, 3.63) is 52.8 Å². The van der Waals surface area contributed by atoms with Gasteiger partial charge in [0.1, 0.15) is 11.6 Å². The summed E-state index contributed by atoms with van der Waals surface area (Å²) >= 11 is 5.85. The Labute approximate surface area is 123 Å². The largest absolute Gasteiger partial charge is 0.335 e. The molecule has 0 fully saturated rings. The maximum Gasteiger partial charge on any atom is 0.146 e. The van der Waals surface area contributed by atoms with Gasteiger partial charge in [-0.1, -0.05) is 30.7 Å². The zero-order chi connectivity index (χ0) is 14.5. The average molecular weight is 296 g/mol. The van der Waals surface area contributed by atoms with Crippen molar-refractivity contribution in [1.29, 1.82) is 0 Å². The summed E-state index contributed by atoms with van der Waals surface area (Å²) in [5.41, 5.74) is 0.575. The zero-order valence-corrected chi connectivity index (χ0v) is 12.5. The van der Waals surface area contributed by atoms with Gasteiger partial charge in [0.2, 0.25) is 0 Å². The van der Waals surface area contributed by atoms with E-state index < -0.39 is 0 Å². The van der Waals surface area contributed by atoms with Crippen molar-refractivity contribution in [2.24, 2.45) is 0 Å². The highest BCUT2D eigenvalue weighted by Crippen LogP contribution is 2.25. The van der Waals surface area contributed by atoms with E-state index in [1.807, 2.05) is 13.2 Å². The Morgan fingerprint density at radius 1 is 1.45 bits per heavy atom. The second-order valence-corrected chi connectivity index (χ2v) is 5.13. The van der Waals surface area contributed by atoms with E-state index in [-0.39, 0.29) is 16.9 Å². The van der Waals surface area contributed by atoms with Crippen LogP contribution in [0.15, 0.2) is 30.6 Å². The van der Waals surface area contributed by atoms with E-state index in [4.69, 9.17) is 11.6 Å². The number of imidazole rings is 1. The van der Waals surface area contributed by atoms with Gasteiger partial charge in [-0.15, -0.1) is 0 Å². The Hall–Kier alpha value is -1.39. The van der Waals surface area contributed by atoms with Gasteiger partial charge >= 0.3 is 0 Å². The van der Waals surface area contributed by atoms with E-state index in [0.717, 1.165) is 18.8 Å². The molecule has 1 unspecified atom stereocenters. The molecule has 3 nitrogen and oxygen atoms in total. The van der Waals surface area contributed by atoms with Crippen molar-refractivity contribution in [3.8, 4) is 0 Å². The minimum atomic E-state index is -0.359. The molecule has 2 rings (SSSR count). The van der Waals surface area contributed by atoms with Crippen molar-refractivity contribution in [3.63, 3.8) is 0 Å². The molecule has 0 saturated heterocycles. The molecule has 0 aliphatic rings. The summed E-state index contributed by atoms with van der Waals surface area (Å²) in [7, 11) is 1.82. The van der Waals surface area contributed by atoms with Gasteiger partial charge in [0.25, 0.3) is 0 Å². The maximum atomic E-state index is 14.1. The van der Waals surface area contributed by atoms with E-state index in [0.29, 0.717) is 12.0 Å². The molecule has 2 aromatic rings. The number of hydrogen-bond donors (Lipinski definition) is 1. The Balaban J connectivity index is 2.24. The summed E-state index contributed by atoms with van der Waals surface area (Å²) < 4.78 is 16.2. The second kappa shape index (κ2) is 6.86. The summed E-state index contributed by atoms with van der Waals surface area (Å²) in [6.45, 7) is 3.04. The minimum absolute atomic E-state index is 0.147. The predicted octanol–water partition coefficient (Wildman–Crippen LogP) is 3.59. The van der Waals surface area contributed by atoms with Crippen LogP contribution in [0.2, 0.25) is 5.02 Å². The number of likely N-dealkylation sites (N-methyl/N-ethyl adjacent to an activating group) is 1. The molecule has 1 N–H and O–H groups in total. The van der Waals surface area contributed by atoms with Gasteiger partial charge in [-0.25, -0.2) is 9.37 Å². The minimum Gasteiger partial charge on any atom is -0.335 e. The SMILES string of the molecule is CCCn1ccnc1CC(NC)c1cccc(Cl)c1F. The lowest BCUT2D eigenvalue weighted by Gasteiger charge is -2.18. The first kappa shape index (κ1) is 15.0. The summed E-state index contributed by atoms with van der Waals surface area (Å²) in [6, 6.07) is 4.94. The first-order valence-corrected chi connectivity index (χ1v) is 7.16. The van der Waals surface area contributed by atoms with Gasteiger partial charge in [0.15, 0.2) is 0 Å². The Kier molecular flexibility index (Phi) is 5.15. The second-order valence-electron chi connectivity index (χ2n) is 4.73. The van der Waals surface area contributed by atoms with Crippen LogP contribution in [0.4, 0.5) is 4.39 Å². The lowest BCUT2D eigenvalue weighted by Crippen LogP contribution is -2.22. The number of nitrogens with zero attached hydrogens (tertiary/aromatic N) is 2. The van der Waals surface area contributed by atoms with Crippen molar-refractivity contribution < 1.29 is 4.39 Å². The maximum absolute atomic E-state index is 14.1. The molecule has 1 aromatic heterocycles. The zero-order valence-electron chi connectivity index (χ0n) is 11.7. The van der Waals surface area contributed by atoms with Gasteiger partial charge in [-0.2, -0.15) is 0 Å². The predicted molar refractivity (Wildman–Crippen MR) is 79.4 cm³/mol. The first-order chi connectivity index (χ1) is 9.67. The average Bonchev–Trinajstić information content (AvgIpc) is 2.87. The van der Waals surface area contributed by atoms with Crippen LogP contribution < -0.4 is 5.32 Å². The van der Waals surface area contributed by atoms with Crippen LogP contribution in [-0.4, -0.2) is 16.6 Å². The number of nitrogens with one attached hydrogen (secondary N) is 1. The fourth-order valence-corrected chi connectivity index (χ4v) is 2.50. The van der Waals surface area contributed by atoms with Crippen LogP contribution in [0.3, 0.4) is 0 Å². The molecule has 108 valence electrons. The molecule has 1 heterocycles. The summed E-state index contributed by atoms with van der Waals surface area (Å²) in [4.78, 5) is 4.37. The number of hydrogen-bond acceptors (Lipinski definition) is 2. The van der Waals surface area contributed by atoms with Crippen LogP contribution in [0.25, 0.3) is 0 Å². The van der Waals surface area contributed by atoms with Crippen LogP contribution in [-0.2, 0) is 13.0 Å². The molecule has 0 aliphatic carbocycles. The summed E-state index contributed by atoms with van der Waals surface area (Å²) in [5.74, 6) is 0.590. The highest BCUT2D eigenvalue weighted by Gasteiger charge is 2.18. The van der Waals surface area contributed by atoms with Crippen LogP contribution in [0.1, 0.15) is 30.8 Å². The number of halogens is 2. The van der Waals surface area contributed by atoms with E-state index in [9.17, 15) is 4.39 Å². The third-order valence-corrected chi connectivity index (χ3v) is 3.65. The Morgan fingerprint density at radius 2 is 2.25 bits per heavy atom. The third kappa shape index (κ3) is 3.19. The van der Waals surface area contributed by atoms with Gasteiger partial charge < -0.3 is 9.88 Å². The van der Waals surface area contributed by atoms with Crippen LogP contribution >= 0.6 is 11.6 Å². The van der Waals surface area contributed by atoms with Crippen molar-refractivity contribution in [2.75, 3.05) is 7.05 Å². The van der Waals surface area contributed by atoms with E-state index in [1.165, 1.54) is 0 Å². The van der Waals surface area contributed by atoms with Gasteiger partial charge in [-0.3, -0.25) is 0 Å². The molecule has 0 aliphatic heterocycles. The molecular formula is C15H19ClFN3. The summed E-state index contributed by atoms with van der Waals surface area (Å²) in [5, 5.41) is 3.29. The molecule has 1 atom stereocenters. The fraction of sp³-hybridized carbons (Fsp3) is 0.400. The quantitative estimate of drug-likeness (QED) is 0.882. The molecule has 0 spiro atoms. The number of rotatable bonds is 6. The van der Waals surface area contributed by atoms with Gasteiger partial charge in [-0.05, 0) is 19.5 Å². The Morgan fingerprint density at radius 3 is 2.95 bits per heavy atom. The number of aryl methyl sites for hydroxylation is 1. The smallest absolute Gasteiger partial charge is 0.146 e. The standard InChI is InChI=1S/C15H19ClFN3/c1-3-8-20-9-7-19-14(20)10-13(18-2)11-5-4-6-12(16)15(11)17/h4-7,9,13,18H,3,8,10H2,1-2H3. The fourth-order valence-electron chi connectivity index (χ4n) is 2.31. The molecule has 0 amide bonds. The third-order valence-electron chi connectivity index (χ3n) is 3.36. The molecule has 0 saturated carbocycles. The van der Waals surface area contributed by atoms with Crippen molar-refractivity contribution in [1.82, 2.24) is 14.9 Å². The van der Waals surface area contributed by atoms with Crippen LogP contribution in [0.5, 0.6) is 0 Å². The van der Waals surface area contributed by atoms with Gasteiger partial charge in [0.05, 0.1) is 5.02 Å². The van der Waals surface area contributed by atoms with Crippen molar-refractivity contribution >= 4 is 11.6 Å². The van der Waals surface area contributed by atoms with Crippen LogP contribution in [0, 0.1) is 5.82 Å². The highest BCUT2D eigenvalue weighted by molar-refractivity contribution is 6.30. The van der Waals surface area contributed by atoms with Crippen molar-refractivity contribution in [2.45, 2.75) is 32.4 Å². The number of aromatic nitrogens is 2. The van der Waals surface area contributed by atoms with E-state index in [2.05, 4.69) is 21.8 Å². The molecule has 0 bridgehead atoms. The molecular weight excluding hydrogens is 277 g/mol. The van der Waals surface area contributed by atoms with E-state index >= 15 is 0 Å². The lowest BCUT2D eigenvalue weighted by molar-refractivity contribution is 0.510. The molecule has 20 heavy (non-hydrogen) atoms. The molecule has 0 radical (unpaired) electrons. The van der Waals surface area contributed by atoms with Gasteiger partial charge in [0, 0.05) is 37.0 Å². The molecule has 1 aromatic carbocycles. The normalized spacial score (nSPS) is 12.6. The lowest BCUT2D eigenvalue weighted by atomic mass is 10.0. The topological polar surface area (TPSA) is 29.9 Å². The summed E-state index contributed by atoms with van der Waals surface area (Å²) in [6.07, 6.45) is 5.41. The monoisotopic (exact) mass is 295 g/mol. The number of benzene rings is 1. The highest BCUT2D eigenvalue weighted by atomic mass is 35.5. The molecule has 5 heteroatoms. The van der Waals surface area contributed by atoms with E-state index in [1.54, 1.807) is 24.4 Å². The first-order valence-electron chi connectivity index (χ1n) is 6.78.